The number of carboxylic acid groups (broad SMARTS) is 1. The summed E-state index contributed by atoms with van der Waals surface area (Å²) in [5, 5.41) is 8.62. The van der Waals surface area contributed by atoms with Crippen molar-refractivity contribution in [3.8, 4) is 0 Å². The number of hydrogen-bond donors (Lipinski definition) is 2. The number of benzene rings is 1. The van der Waals surface area contributed by atoms with Crippen molar-refractivity contribution in [2.45, 2.75) is 31.6 Å². The molecule has 3 N–H and O–H groups in total. The summed E-state index contributed by atoms with van der Waals surface area (Å²) in [6.07, 6.45) is 7.15. The van der Waals surface area contributed by atoms with E-state index in [2.05, 4.69) is 0 Å². The number of amides is 1. The largest absolute Gasteiger partial charge is 0.478 e. The van der Waals surface area contributed by atoms with Crippen molar-refractivity contribution in [3.63, 3.8) is 0 Å². The van der Waals surface area contributed by atoms with Gasteiger partial charge in [0.05, 0.1) is 0 Å². The van der Waals surface area contributed by atoms with Crippen molar-refractivity contribution < 1.29 is 14.7 Å². The Bertz CT molecular complexity index is 511. The smallest absolute Gasteiger partial charge is 0.327 e. The molecule has 20 heavy (non-hydrogen) atoms. The minimum Gasteiger partial charge on any atom is -0.478 e. The molecule has 1 aliphatic rings. The van der Waals surface area contributed by atoms with E-state index in [1.807, 2.05) is 12.1 Å². The van der Waals surface area contributed by atoms with Gasteiger partial charge >= 0.3 is 5.97 Å². The van der Waals surface area contributed by atoms with E-state index in [4.69, 9.17) is 10.8 Å². The fourth-order valence-electron chi connectivity index (χ4n) is 2.78. The Labute approximate surface area is 118 Å². The van der Waals surface area contributed by atoms with Crippen LogP contribution in [0.1, 0.15) is 47.5 Å². The number of hydrogen-bond acceptors (Lipinski definition) is 2. The maximum absolute atomic E-state index is 11.0. The van der Waals surface area contributed by atoms with Gasteiger partial charge in [0, 0.05) is 11.6 Å². The lowest BCUT2D eigenvalue weighted by molar-refractivity contribution is -0.131. The normalized spacial score (nSPS) is 22.8. The fourth-order valence-corrected chi connectivity index (χ4v) is 2.78. The summed E-state index contributed by atoms with van der Waals surface area (Å²) in [5.74, 6) is -0.424. The van der Waals surface area contributed by atoms with E-state index in [1.54, 1.807) is 18.2 Å². The number of carbonyl (C=O) groups excluding carboxylic acids is 1. The number of rotatable bonds is 4. The molecule has 0 aliphatic heterocycles. The van der Waals surface area contributed by atoms with Crippen LogP contribution in [0.3, 0.4) is 0 Å². The monoisotopic (exact) mass is 273 g/mol. The van der Waals surface area contributed by atoms with Gasteiger partial charge < -0.3 is 10.8 Å². The van der Waals surface area contributed by atoms with Crippen LogP contribution in [0.5, 0.6) is 0 Å². The van der Waals surface area contributed by atoms with Crippen LogP contribution < -0.4 is 5.73 Å². The van der Waals surface area contributed by atoms with E-state index in [0.29, 0.717) is 17.4 Å². The summed E-state index contributed by atoms with van der Waals surface area (Å²) < 4.78 is 0. The molecule has 4 nitrogen and oxygen atoms in total. The van der Waals surface area contributed by atoms with Crippen LogP contribution in [0, 0.1) is 5.92 Å². The highest BCUT2D eigenvalue weighted by molar-refractivity contribution is 5.92. The Morgan fingerprint density at radius 2 is 1.70 bits per heavy atom. The predicted octanol–water partition coefficient (Wildman–Crippen LogP) is 2.70. The first-order chi connectivity index (χ1) is 9.56. The van der Waals surface area contributed by atoms with Crippen LogP contribution in [0.2, 0.25) is 0 Å². The lowest BCUT2D eigenvalue weighted by atomic mass is 9.78. The topological polar surface area (TPSA) is 80.4 Å². The summed E-state index contributed by atoms with van der Waals surface area (Å²) >= 11 is 0. The second-order valence-electron chi connectivity index (χ2n) is 5.30. The van der Waals surface area contributed by atoms with Crippen molar-refractivity contribution in [3.05, 3.63) is 47.5 Å². The molecule has 0 heterocycles. The Hall–Kier alpha value is -2.10. The van der Waals surface area contributed by atoms with Crippen molar-refractivity contribution >= 4 is 11.9 Å². The Balaban J connectivity index is 1.93. The molecule has 106 valence electrons. The Morgan fingerprint density at radius 3 is 2.20 bits per heavy atom. The minimum atomic E-state index is -0.880. The standard InChI is InChI=1S/C16H19NO3/c17-16(20)14-8-6-13(7-9-14)12-4-1-11(2-5-12)3-10-15(18)19/h3,6-12H,1-2,4-5H2,(H2,17,20)(H,18,19)/t11-,12-. The highest BCUT2D eigenvalue weighted by Gasteiger charge is 2.21. The van der Waals surface area contributed by atoms with E-state index in [9.17, 15) is 9.59 Å². The van der Waals surface area contributed by atoms with Crippen molar-refractivity contribution in [1.82, 2.24) is 0 Å². The Kier molecular flexibility index (Phi) is 4.56. The minimum absolute atomic E-state index is 0.368. The quantitative estimate of drug-likeness (QED) is 0.828. The third-order valence-corrected chi connectivity index (χ3v) is 3.95. The molecule has 0 saturated heterocycles. The zero-order valence-corrected chi connectivity index (χ0v) is 11.3. The number of aliphatic carboxylic acids is 1. The second-order valence-corrected chi connectivity index (χ2v) is 5.30. The van der Waals surface area contributed by atoms with E-state index < -0.39 is 11.9 Å². The van der Waals surface area contributed by atoms with Crippen LogP contribution in [0.4, 0.5) is 0 Å². The first-order valence-corrected chi connectivity index (χ1v) is 6.87. The van der Waals surface area contributed by atoms with E-state index in [0.717, 1.165) is 25.7 Å². The lowest BCUT2D eigenvalue weighted by Gasteiger charge is -2.27. The van der Waals surface area contributed by atoms with Gasteiger partial charge in [-0.25, -0.2) is 4.79 Å². The fraction of sp³-hybridized carbons (Fsp3) is 0.375. The van der Waals surface area contributed by atoms with Gasteiger partial charge in [0.15, 0.2) is 0 Å². The van der Waals surface area contributed by atoms with Crippen molar-refractivity contribution in [2.24, 2.45) is 11.7 Å². The van der Waals surface area contributed by atoms with Gasteiger partial charge in [-0.1, -0.05) is 18.2 Å². The van der Waals surface area contributed by atoms with Gasteiger partial charge in [-0.15, -0.1) is 0 Å². The summed E-state index contributed by atoms with van der Waals surface area (Å²) in [7, 11) is 0. The molecule has 2 rings (SSSR count). The predicted molar refractivity (Wildman–Crippen MR) is 76.4 cm³/mol. The zero-order valence-electron chi connectivity index (χ0n) is 11.3. The summed E-state index contributed by atoms with van der Waals surface area (Å²) in [5.41, 5.74) is 6.99. The Morgan fingerprint density at radius 1 is 1.10 bits per heavy atom. The molecule has 1 fully saturated rings. The third-order valence-electron chi connectivity index (χ3n) is 3.95. The highest BCUT2D eigenvalue weighted by atomic mass is 16.4. The van der Waals surface area contributed by atoms with Crippen LogP contribution >= 0.6 is 0 Å². The molecule has 0 atom stereocenters. The molecular formula is C16H19NO3. The number of primary amides is 1. The number of allylic oxidation sites excluding steroid dienone is 1. The second kappa shape index (κ2) is 6.37. The lowest BCUT2D eigenvalue weighted by Crippen LogP contribution is -2.13. The molecule has 1 saturated carbocycles. The molecule has 1 aliphatic carbocycles. The van der Waals surface area contributed by atoms with Gasteiger partial charge in [0.2, 0.25) is 5.91 Å². The summed E-state index contributed by atoms with van der Waals surface area (Å²) in [4.78, 5) is 21.5. The van der Waals surface area contributed by atoms with Crippen LogP contribution in [0.15, 0.2) is 36.4 Å². The van der Waals surface area contributed by atoms with E-state index in [-0.39, 0.29) is 0 Å². The van der Waals surface area contributed by atoms with Gasteiger partial charge in [-0.2, -0.15) is 0 Å². The molecule has 0 radical (unpaired) electrons. The molecule has 0 bridgehead atoms. The molecular weight excluding hydrogens is 254 g/mol. The zero-order chi connectivity index (χ0) is 14.5. The van der Waals surface area contributed by atoms with Gasteiger partial charge in [-0.3, -0.25) is 4.79 Å². The number of carboxylic acids is 1. The van der Waals surface area contributed by atoms with Crippen molar-refractivity contribution in [1.29, 1.82) is 0 Å². The average Bonchev–Trinajstić information content (AvgIpc) is 2.46. The molecule has 4 heteroatoms. The summed E-state index contributed by atoms with van der Waals surface area (Å²) in [6, 6.07) is 7.48. The maximum atomic E-state index is 11.0. The third kappa shape index (κ3) is 3.70. The molecule has 0 unspecified atom stereocenters. The van der Waals surface area contributed by atoms with Crippen LogP contribution in [0.25, 0.3) is 0 Å². The van der Waals surface area contributed by atoms with E-state index in [1.165, 1.54) is 11.6 Å². The van der Waals surface area contributed by atoms with Crippen LogP contribution in [-0.4, -0.2) is 17.0 Å². The number of nitrogens with two attached hydrogens (primary N) is 1. The molecule has 1 aromatic rings. The highest BCUT2D eigenvalue weighted by Crippen LogP contribution is 2.36. The summed E-state index contributed by atoms with van der Waals surface area (Å²) in [6.45, 7) is 0. The molecule has 0 aromatic heterocycles. The number of carbonyl (C=O) groups is 2. The average molecular weight is 273 g/mol. The molecule has 0 spiro atoms. The molecule has 1 aromatic carbocycles. The maximum Gasteiger partial charge on any atom is 0.327 e. The first kappa shape index (κ1) is 14.3. The van der Waals surface area contributed by atoms with E-state index >= 15 is 0 Å². The van der Waals surface area contributed by atoms with Gasteiger partial charge in [0.25, 0.3) is 0 Å². The van der Waals surface area contributed by atoms with Crippen LogP contribution in [-0.2, 0) is 4.79 Å². The van der Waals surface area contributed by atoms with Crippen molar-refractivity contribution in [2.75, 3.05) is 0 Å². The molecule has 1 amide bonds. The SMILES string of the molecule is NC(=O)c1ccc([C@H]2CC[C@H](C=CC(=O)O)CC2)cc1. The van der Waals surface area contributed by atoms with Gasteiger partial charge in [0.1, 0.15) is 0 Å². The first-order valence-electron chi connectivity index (χ1n) is 6.87. The van der Waals surface area contributed by atoms with Gasteiger partial charge in [-0.05, 0) is 55.2 Å².